The lowest BCUT2D eigenvalue weighted by molar-refractivity contribution is 0.239. The number of benzene rings is 1. The largest absolute Gasteiger partial charge is 0.339 e. The summed E-state index contributed by atoms with van der Waals surface area (Å²) in [7, 11) is 2.19. The van der Waals surface area contributed by atoms with Crippen LogP contribution in [0.25, 0.3) is 10.4 Å². The molecule has 2 aromatic heterocycles. The van der Waals surface area contributed by atoms with Crippen LogP contribution < -0.4 is 5.32 Å². The Balaban J connectivity index is 1.41. The van der Waals surface area contributed by atoms with Crippen LogP contribution >= 0.6 is 23.1 Å². The highest BCUT2D eigenvalue weighted by Crippen LogP contribution is 2.42. The summed E-state index contributed by atoms with van der Waals surface area (Å²) < 4.78 is 0. The fourth-order valence-electron chi connectivity index (χ4n) is 4.38. The molecular formula is C23H29N5S2. The van der Waals surface area contributed by atoms with Crippen molar-refractivity contribution >= 4 is 34.6 Å². The minimum Gasteiger partial charge on any atom is -0.339 e. The van der Waals surface area contributed by atoms with E-state index >= 15 is 0 Å². The van der Waals surface area contributed by atoms with Crippen LogP contribution in [0.4, 0.5) is 11.5 Å². The smallest absolute Gasteiger partial charge is 0.152 e. The third kappa shape index (κ3) is 4.43. The van der Waals surface area contributed by atoms with Crippen molar-refractivity contribution in [1.82, 2.24) is 20.1 Å². The minimum absolute atomic E-state index is 0.655. The number of likely N-dealkylation sites (tertiary alicyclic amines) is 1. The number of nitrogens with zero attached hydrogens (tertiary/aromatic N) is 3. The van der Waals surface area contributed by atoms with Crippen LogP contribution in [0.3, 0.4) is 0 Å². The van der Waals surface area contributed by atoms with Crippen LogP contribution in [0.15, 0.2) is 35.4 Å². The molecule has 2 N–H and O–H groups in total. The van der Waals surface area contributed by atoms with Crippen molar-refractivity contribution in [2.24, 2.45) is 0 Å². The van der Waals surface area contributed by atoms with Crippen molar-refractivity contribution < 1.29 is 0 Å². The van der Waals surface area contributed by atoms with E-state index in [0.717, 1.165) is 30.3 Å². The number of aryl methyl sites for hydroxylation is 1. The first-order chi connectivity index (χ1) is 14.6. The quantitative estimate of drug-likeness (QED) is 0.490. The van der Waals surface area contributed by atoms with E-state index in [2.05, 4.69) is 51.9 Å². The number of H-pyrrole nitrogens is 1. The van der Waals surface area contributed by atoms with Crippen molar-refractivity contribution in [3.05, 3.63) is 41.2 Å². The molecule has 5 rings (SSSR count). The number of hydrogen-bond donors (Lipinski definition) is 2. The Kier molecular flexibility index (Phi) is 5.85. The van der Waals surface area contributed by atoms with E-state index in [9.17, 15) is 0 Å². The molecule has 2 fully saturated rings. The Labute approximate surface area is 186 Å². The highest BCUT2D eigenvalue weighted by Gasteiger charge is 2.26. The normalized spacial score (nSPS) is 18.5. The second kappa shape index (κ2) is 8.73. The Morgan fingerprint density at radius 1 is 1.17 bits per heavy atom. The lowest BCUT2D eigenvalue weighted by Gasteiger charge is -2.35. The van der Waals surface area contributed by atoms with Crippen molar-refractivity contribution in [3.8, 4) is 10.4 Å². The number of hydrogen-bond acceptors (Lipinski definition) is 6. The summed E-state index contributed by atoms with van der Waals surface area (Å²) in [6, 6.07) is 8.73. The van der Waals surface area contributed by atoms with Gasteiger partial charge in [0.05, 0.1) is 9.88 Å². The second-order valence-corrected chi connectivity index (χ2v) is 11.0. The van der Waals surface area contributed by atoms with E-state index in [0.29, 0.717) is 11.2 Å². The van der Waals surface area contributed by atoms with Crippen molar-refractivity contribution in [3.63, 3.8) is 0 Å². The maximum atomic E-state index is 4.85. The highest BCUT2D eigenvalue weighted by molar-refractivity contribution is 8.00. The van der Waals surface area contributed by atoms with E-state index in [4.69, 9.17) is 4.98 Å². The van der Waals surface area contributed by atoms with Crippen molar-refractivity contribution in [2.45, 2.75) is 55.1 Å². The van der Waals surface area contributed by atoms with Crippen LogP contribution in [0.2, 0.25) is 0 Å². The summed E-state index contributed by atoms with van der Waals surface area (Å²) in [5.41, 5.74) is 3.46. The lowest BCUT2D eigenvalue weighted by atomic mass is 9.90. The van der Waals surface area contributed by atoms with E-state index in [-0.39, 0.29) is 0 Å². The summed E-state index contributed by atoms with van der Waals surface area (Å²) in [4.78, 5) is 9.86. The van der Waals surface area contributed by atoms with Crippen LogP contribution in [0, 0.1) is 6.92 Å². The average Bonchev–Trinajstić information content (AvgIpc) is 3.37. The monoisotopic (exact) mass is 439 g/mol. The number of nitrogens with one attached hydrogen (secondary N) is 2. The number of anilines is 2. The maximum absolute atomic E-state index is 4.85. The first-order valence-corrected chi connectivity index (χ1v) is 12.6. The molecule has 1 aliphatic carbocycles. The molecule has 0 amide bonds. The Morgan fingerprint density at radius 2 is 2.00 bits per heavy atom. The molecular weight excluding hydrogens is 410 g/mol. The lowest BCUT2D eigenvalue weighted by Crippen LogP contribution is -2.45. The van der Waals surface area contributed by atoms with Gasteiger partial charge in [-0.3, -0.25) is 5.10 Å². The Morgan fingerprint density at radius 3 is 2.73 bits per heavy atom. The van der Waals surface area contributed by atoms with Gasteiger partial charge in [-0.2, -0.15) is 5.10 Å². The van der Waals surface area contributed by atoms with Gasteiger partial charge in [0.2, 0.25) is 0 Å². The molecule has 0 bridgehead atoms. The van der Waals surface area contributed by atoms with Gasteiger partial charge >= 0.3 is 0 Å². The molecule has 0 atom stereocenters. The molecule has 0 unspecified atom stereocenters. The molecule has 1 aliphatic heterocycles. The molecule has 3 aromatic rings. The Bertz CT molecular complexity index is 999. The summed E-state index contributed by atoms with van der Waals surface area (Å²) in [5, 5.41) is 12.7. The summed E-state index contributed by atoms with van der Waals surface area (Å²) in [5.74, 6) is 1.52. The molecule has 1 saturated heterocycles. The van der Waals surface area contributed by atoms with E-state index < -0.39 is 0 Å². The van der Waals surface area contributed by atoms with Gasteiger partial charge in [0.15, 0.2) is 5.82 Å². The topological polar surface area (TPSA) is 56.8 Å². The van der Waals surface area contributed by atoms with E-state index in [1.165, 1.54) is 52.4 Å². The number of aromatic nitrogens is 3. The molecule has 7 heteroatoms. The number of rotatable bonds is 6. The van der Waals surface area contributed by atoms with Gasteiger partial charge in [-0.15, -0.1) is 23.1 Å². The van der Waals surface area contributed by atoms with Gasteiger partial charge in [-0.25, -0.2) is 4.98 Å². The first-order valence-electron chi connectivity index (χ1n) is 10.9. The number of thioether (sulfide) groups is 1. The van der Waals surface area contributed by atoms with Gasteiger partial charge in [0.25, 0.3) is 0 Å². The SMILES string of the molecule is Cc1cc(Nc2ccc(-c3cnc(C4CCCCC4)s3)c(SC3CN(C)C3)c2)n[nH]1. The zero-order chi connectivity index (χ0) is 20.5. The molecule has 2 aliphatic rings. The third-order valence-electron chi connectivity index (χ3n) is 6.03. The summed E-state index contributed by atoms with van der Waals surface area (Å²) in [6.45, 7) is 4.32. The zero-order valence-corrected chi connectivity index (χ0v) is 19.3. The van der Waals surface area contributed by atoms with E-state index in [1.54, 1.807) is 0 Å². The molecule has 5 nitrogen and oxygen atoms in total. The summed E-state index contributed by atoms with van der Waals surface area (Å²) in [6.07, 6.45) is 8.79. The number of thiazole rings is 1. The maximum Gasteiger partial charge on any atom is 0.152 e. The minimum atomic E-state index is 0.655. The predicted molar refractivity (Wildman–Crippen MR) is 127 cm³/mol. The molecule has 3 heterocycles. The van der Waals surface area contributed by atoms with Gasteiger partial charge in [-0.1, -0.05) is 25.3 Å². The first kappa shape index (κ1) is 20.1. The number of aromatic amines is 1. The Hall–Kier alpha value is -1.83. The average molecular weight is 440 g/mol. The third-order valence-corrected chi connectivity index (χ3v) is 8.44. The predicted octanol–water partition coefficient (Wildman–Crippen LogP) is 6.04. The van der Waals surface area contributed by atoms with Gasteiger partial charge in [-0.05, 0) is 38.9 Å². The standard InChI is InChI=1S/C23H29N5S2/c1-15-10-22(27-26-15)25-17-8-9-19(20(11-17)29-18-13-28(2)14-18)21-12-24-23(30-21)16-6-4-3-5-7-16/h8-12,16,18H,3-7,13-14H2,1-2H3,(H2,25,26,27). The fourth-order valence-corrected chi connectivity index (χ4v) is 7.09. The van der Waals surface area contributed by atoms with Crippen LogP contribution in [0.1, 0.15) is 48.7 Å². The second-order valence-electron chi connectivity index (χ2n) is 8.63. The molecule has 158 valence electrons. The fraction of sp³-hybridized carbons (Fsp3) is 0.478. The van der Waals surface area contributed by atoms with Gasteiger partial charge in [0.1, 0.15) is 0 Å². The van der Waals surface area contributed by atoms with Crippen LogP contribution in [-0.4, -0.2) is 45.5 Å². The van der Waals surface area contributed by atoms with Gasteiger partial charge < -0.3 is 10.2 Å². The molecule has 0 radical (unpaired) electrons. The van der Waals surface area contributed by atoms with Crippen LogP contribution in [-0.2, 0) is 0 Å². The van der Waals surface area contributed by atoms with Crippen molar-refractivity contribution in [1.29, 1.82) is 0 Å². The molecule has 1 saturated carbocycles. The molecule has 1 aromatic carbocycles. The molecule has 30 heavy (non-hydrogen) atoms. The zero-order valence-electron chi connectivity index (χ0n) is 17.6. The molecule has 0 spiro atoms. The summed E-state index contributed by atoms with van der Waals surface area (Å²) >= 11 is 3.90. The van der Waals surface area contributed by atoms with E-state index in [1.807, 2.05) is 36.1 Å². The van der Waals surface area contributed by atoms with Crippen molar-refractivity contribution in [2.75, 3.05) is 25.5 Å². The van der Waals surface area contributed by atoms with Gasteiger partial charge in [0, 0.05) is 58.4 Å². The van der Waals surface area contributed by atoms with Crippen LogP contribution in [0.5, 0.6) is 0 Å². The highest BCUT2D eigenvalue weighted by atomic mass is 32.2.